The molecule has 3 heteroatoms. The maximum Gasteiger partial charge on any atom is 0.0691 e. The van der Waals surface area contributed by atoms with Crippen LogP contribution in [0.5, 0.6) is 0 Å². The summed E-state index contributed by atoms with van der Waals surface area (Å²) < 4.78 is 17.6. The van der Waals surface area contributed by atoms with Crippen LogP contribution in [0.15, 0.2) is 24.3 Å². The standard InChI is InChI=1S/C14H20O2S/c1-11-3-5-13(6-4-11)8-10-17(15)14-7-9-16-12(14)2/h3-6,12,14H,7-10H2,1-2H3/t12-,14-,17+/m1/s1. The Bertz CT molecular complexity index is 386. The monoisotopic (exact) mass is 252 g/mol. The minimum atomic E-state index is -0.756. The van der Waals surface area contributed by atoms with Gasteiger partial charge in [-0.05, 0) is 32.3 Å². The van der Waals surface area contributed by atoms with Crippen LogP contribution in [-0.2, 0) is 22.0 Å². The molecule has 0 N–H and O–H groups in total. The smallest absolute Gasteiger partial charge is 0.0691 e. The Balaban J connectivity index is 1.85. The third-order valence-corrected chi connectivity index (χ3v) is 5.26. The van der Waals surface area contributed by atoms with Gasteiger partial charge in [-0.3, -0.25) is 4.21 Å². The van der Waals surface area contributed by atoms with Gasteiger partial charge in [0.05, 0.1) is 11.4 Å². The average Bonchev–Trinajstić information content (AvgIpc) is 2.74. The van der Waals surface area contributed by atoms with Gasteiger partial charge in [0.2, 0.25) is 0 Å². The molecule has 2 rings (SSSR count). The van der Waals surface area contributed by atoms with Crippen molar-refractivity contribution in [2.75, 3.05) is 12.4 Å². The van der Waals surface area contributed by atoms with Gasteiger partial charge in [0.15, 0.2) is 0 Å². The van der Waals surface area contributed by atoms with Crippen LogP contribution in [0.25, 0.3) is 0 Å². The minimum Gasteiger partial charge on any atom is -0.377 e. The SMILES string of the molecule is Cc1ccc(CC[S@](=O)[C@@H]2CCO[C@@H]2C)cc1. The molecule has 1 aliphatic rings. The summed E-state index contributed by atoms with van der Waals surface area (Å²) in [5.41, 5.74) is 2.54. The zero-order valence-electron chi connectivity index (χ0n) is 10.5. The Morgan fingerprint density at radius 1 is 1.35 bits per heavy atom. The van der Waals surface area contributed by atoms with Gasteiger partial charge in [-0.25, -0.2) is 0 Å². The fourth-order valence-electron chi connectivity index (χ4n) is 2.18. The third kappa shape index (κ3) is 3.39. The summed E-state index contributed by atoms with van der Waals surface area (Å²) in [4.78, 5) is 0. The van der Waals surface area contributed by atoms with E-state index in [2.05, 4.69) is 31.2 Å². The lowest BCUT2D eigenvalue weighted by Gasteiger charge is -2.13. The van der Waals surface area contributed by atoms with Crippen molar-refractivity contribution in [2.45, 2.75) is 38.0 Å². The molecule has 1 aromatic rings. The molecule has 0 aliphatic carbocycles. The normalized spacial score (nSPS) is 26.0. The molecule has 94 valence electrons. The highest BCUT2D eigenvalue weighted by molar-refractivity contribution is 7.85. The summed E-state index contributed by atoms with van der Waals surface area (Å²) in [7, 11) is -0.756. The summed E-state index contributed by atoms with van der Waals surface area (Å²) in [6.07, 6.45) is 2.01. The van der Waals surface area contributed by atoms with Crippen LogP contribution in [0.1, 0.15) is 24.5 Å². The molecule has 2 nitrogen and oxygen atoms in total. The Kier molecular flexibility index (Phi) is 4.35. The van der Waals surface area contributed by atoms with Gasteiger partial charge in [-0.2, -0.15) is 0 Å². The zero-order chi connectivity index (χ0) is 12.3. The first-order chi connectivity index (χ1) is 8.16. The second-order valence-corrected chi connectivity index (χ2v) is 6.50. The van der Waals surface area contributed by atoms with E-state index in [9.17, 15) is 4.21 Å². The molecule has 1 fully saturated rings. The van der Waals surface area contributed by atoms with Gasteiger partial charge in [-0.1, -0.05) is 29.8 Å². The maximum atomic E-state index is 12.1. The van der Waals surface area contributed by atoms with Crippen molar-refractivity contribution < 1.29 is 8.95 Å². The second kappa shape index (κ2) is 5.78. The van der Waals surface area contributed by atoms with E-state index in [1.54, 1.807) is 0 Å². The highest BCUT2D eigenvalue weighted by atomic mass is 32.2. The summed E-state index contributed by atoms with van der Waals surface area (Å²) in [5, 5.41) is 0.237. The highest BCUT2D eigenvalue weighted by Crippen LogP contribution is 2.19. The van der Waals surface area contributed by atoms with Crippen molar-refractivity contribution in [3.63, 3.8) is 0 Å². The first-order valence-electron chi connectivity index (χ1n) is 6.21. The number of rotatable bonds is 4. The molecule has 0 spiro atoms. The molecule has 0 unspecified atom stereocenters. The van der Waals surface area contributed by atoms with E-state index in [4.69, 9.17) is 4.74 Å². The van der Waals surface area contributed by atoms with Gasteiger partial charge in [0, 0.05) is 23.2 Å². The Morgan fingerprint density at radius 2 is 2.06 bits per heavy atom. The molecular weight excluding hydrogens is 232 g/mol. The quantitative estimate of drug-likeness (QED) is 0.823. The lowest BCUT2D eigenvalue weighted by molar-refractivity contribution is 0.127. The highest BCUT2D eigenvalue weighted by Gasteiger charge is 2.29. The summed E-state index contributed by atoms with van der Waals surface area (Å²) in [6, 6.07) is 8.47. The lowest BCUT2D eigenvalue weighted by atomic mass is 10.1. The number of ether oxygens (including phenoxy) is 1. The molecule has 0 saturated carbocycles. The fraction of sp³-hybridized carbons (Fsp3) is 0.571. The molecule has 3 atom stereocenters. The molecule has 0 aromatic heterocycles. The fourth-order valence-corrected chi connectivity index (χ4v) is 3.79. The van der Waals surface area contributed by atoms with E-state index in [0.29, 0.717) is 0 Å². The van der Waals surface area contributed by atoms with E-state index in [1.165, 1.54) is 11.1 Å². The second-order valence-electron chi connectivity index (χ2n) is 4.72. The van der Waals surface area contributed by atoms with E-state index >= 15 is 0 Å². The van der Waals surface area contributed by atoms with Crippen LogP contribution in [0.2, 0.25) is 0 Å². The molecule has 1 saturated heterocycles. The van der Waals surface area contributed by atoms with Crippen molar-refractivity contribution >= 4 is 10.8 Å². The summed E-state index contributed by atoms with van der Waals surface area (Å²) >= 11 is 0. The molecule has 17 heavy (non-hydrogen) atoms. The molecule has 0 radical (unpaired) electrons. The average molecular weight is 252 g/mol. The third-order valence-electron chi connectivity index (χ3n) is 3.36. The van der Waals surface area contributed by atoms with Gasteiger partial charge in [0.1, 0.15) is 0 Å². The Labute approximate surface area is 106 Å². The number of benzene rings is 1. The van der Waals surface area contributed by atoms with Crippen LogP contribution in [0.3, 0.4) is 0 Å². The van der Waals surface area contributed by atoms with Crippen LogP contribution in [0.4, 0.5) is 0 Å². The van der Waals surface area contributed by atoms with Crippen molar-refractivity contribution in [3.05, 3.63) is 35.4 Å². The van der Waals surface area contributed by atoms with E-state index in [0.717, 1.165) is 25.2 Å². The number of aryl methyl sites for hydroxylation is 2. The largest absolute Gasteiger partial charge is 0.377 e. The van der Waals surface area contributed by atoms with Crippen LogP contribution < -0.4 is 0 Å². The number of hydrogen-bond donors (Lipinski definition) is 0. The lowest BCUT2D eigenvalue weighted by Crippen LogP contribution is -2.25. The summed E-state index contributed by atoms with van der Waals surface area (Å²) in [5.74, 6) is 0.751. The van der Waals surface area contributed by atoms with Crippen LogP contribution in [-0.4, -0.2) is 27.9 Å². The summed E-state index contributed by atoms with van der Waals surface area (Å²) in [6.45, 7) is 4.88. The van der Waals surface area contributed by atoms with E-state index in [-0.39, 0.29) is 11.4 Å². The number of hydrogen-bond acceptors (Lipinski definition) is 2. The van der Waals surface area contributed by atoms with Crippen molar-refractivity contribution in [3.8, 4) is 0 Å². The van der Waals surface area contributed by atoms with Crippen LogP contribution >= 0.6 is 0 Å². The first-order valence-corrected chi connectivity index (χ1v) is 7.59. The van der Waals surface area contributed by atoms with Gasteiger partial charge in [-0.15, -0.1) is 0 Å². The minimum absolute atomic E-state index is 0.161. The predicted octanol–water partition coefficient (Wildman–Crippen LogP) is 2.46. The van der Waals surface area contributed by atoms with Gasteiger partial charge < -0.3 is 4.74 Å². The Morgan fingerprint density at radius 3 is 2.65 bits per heavy atom. The van der Waals surface area contributed by atoms with Crippen molar-refractivity contribution in [1.29, 1.82) is 0 Å². The molecule has 1 aromatic carbocycles. The molecule has 1 heterocycles. The van der Waals surface area contributed by atoms with E-state index in [1.807, 2.05) is 6.92 Å². The van der Waals surface area contributed by atoms with Crippen LogP contribution in [0, 0.1) is 6.92 Å². The van der Waals surface area contributed by atoms with Crippen molar-refractivity contribution in [1.82, 2.24) is 0 Å². The molecule has 0 amide bonds. The molecular formula is C14H20O2S. The van der Waals surface area contributed by atoms with Gasteiger partial charge >= 0.3 is 0 Å². The maximum absolute atomic E-state index is 12.1. The zero-order valence-corrected chi connectivity index (χ0v) is 11.3. The molecule has 1 aliphatic heterocycles. The van der Waals surface area contributed by atoms with E-state index < -0.39 is 10.8 Å². The molecule has 0 bridgehead atoms. The van der Waals surface area contributed by atoms with Crippen molar-refractivity contribution in [2.24, 2.45) is 0 Å². The predicted molar refractivity (Wildman–Crippen MR) is 71.7 cm³/mol. The van der Waals surface area contributed by atoms with Gasteiger partial charge in [0.25, 0.3) is 0 Å². The Hall–Kier alpha value is -0.670. The topological polar surface area (TPSA) is 26.3 Å². The first kappa shape index (κ1) is 12.8.